The summed E-state index contributed by atoms with van der Waals surface area (Å²) >= 11 is 5.89. The molecular weight excluding hydrogens is 360 g/mol. The minimum absolute atomic E-state index is 0.162. The number of carbonyl (C=O) groups excluding carboxylic acids is 1. The summed E-state index contributed by atoms with van der Waals surface area (Å²) in [4.78, 5) is 17.1. The first-order valence-electron chi connectivity index (χ1n) is 9.31. The molecule has 2 amide bonds. The molecule has 0 spiro atoms. The van der Waals surface area contributed by atoms with Gasteiger partial charge in [0.1, 0.15) is 0 Å². The van der Waals surface area contributed by atoms with E-state index in [0.717, 1.165) is 31.9 Å². The third-order valence-corrected chi connectivity index (χ3v) is 5.25. The molecule has 1 aliphatic heterocycles. The fourth-order valence-electron chi connectivity index (χ4n) is 3.28. The molecule has 0 saturated carbocycles. The second-order valence-electron chi connectivity index (χ2n) is 7.11. The third kappa shape index (κ3) is 5.70. The number of anilines is 1. The molecule has 0 bridgehead atoms. The maximum absolute atomic E-state index is 12.3. The summed E-state index contributed by atoms with van der Waals surface area (Å²) in [5.41, 5.74) is 3.20. The van der Waals surface area contributed by atoms with Gasteiger partial charge in [0.15, 0.2) is 0 Å². The Morgan fingerprint density at radius 3 is 2.30 bits per heavy atom. The van der Waals surface area contributed by atoms with Gasteiger partial charge in [0.25, 0.3) is 0 Å². The van der Waals surface area contributed by atoms with Gasteiger partial charge in [-0.15, -0.1) is 0 Å². The van der Waals surface area contributed by atoms with Gasteiger partial charge in [-0.3, -0.25) is 4.90 Å². The first-order chi connectivity index (χ1) is 13.0. The number of rotatable bonds is 5. The van der Waals surface area contributed by atoms with Gasteiger partial charge in [0, 0.05) is 43.4 Å². The van der Waals surface area contributed by atoms with Crippen molar-refractivity contribution in [3.63, 3.8) is 0 Å². The number of hydrogen-bond acceptors (Lipinski definition) is 3. The number of nitrogens with one attached hydrogen (secondary N) is 2. The molecule has 0 radical (unpaired) electrons. The topological polar surface area (TPSA) is 47.6 Å². The third-order valence-electron chi connectivity index (χ3n) is 5.00. The van der Waals surface area contributed by atoms with Crippen molar-refractivity contribution < 1.29 is 4.79 Å². The molecule has 1 saturated heterocycles. The molecule has 0 aromatic heterocycles. The van der Waals surface area contributed by atoms with Crippen molar-refractivity contribution in [2.75, 3.05) is 45.1 Å². The molecular formula is C21H27ClN4O. The van der Waals surface area contributed by atoms with E-state index in [-0.39, 0.29) is 12.1 Å². The Bertz CT molecular complexity index is 740. The van der Waals surface area contributed by atoms with Gasteiger partial charge in [-0.05, 0) is 43.8 Å². The lowest BCUT2D eigenvalue weighted by molar-refractivity contribution is 0.111. The average Bonchev–Trinajstić information content (AvgIpc) is 2.66. The van der Waals surface area contributed by atoms with Gasteiger partial charge < -0.3 is 15.5 Å². The number of aryl methyl sites for hydroxylation is 1. The van der Waals surface area contributed by atoms with Gasteiger partial charge in [0.05, 0.1) is 6.04 Å². The van der Waals surface area contributed by atoms with E-state index in [2.05, 4.69) is 58.7 Å². The molecule has 3 rings (SSSR count). The number of benzene rings is 2. The van der Waals surface area contributed by atoms with E-state index in [9.17, 15) is 4.79 Å². The van der Waals surface area contributed by atoms with E-state index in [1.54, 1.807) is 24.3 Å². The minimum Gasteiger partial charge on any atom is -0.336 e. The first kappa shape index (κ1) is 19.7. The van der Waals surface area contributed by atoms with Gasteiger partial charge in [-0.25, -0.2) is 4.79 Å². The Morgan fingerprint density at radius 2 is 1.67 bits per heavy atom. The maximum Gasteiger partial charge on any atom is 0.319 e. The van der Waals surface area contributed by atoms with Crippen LogP contribution in [0.1, 0.15) is 17.2 Å². The number of likely N-dealkylation sites (N-methyl/N-ethyl adjacent to an activating group) is 1. The molecule has 1 atom stereocenters. The van der Waals surface area contributed by atoms with Gasteiger partial charge in [-0.2, -0.15) is 0 Å². The van der Waals surface area contributed by atoms with Crippen molar-refractivity contribution in [3.8, 4) is 0 Å². The molecule has 5 nitrogen and oxygen atoms in total. The van der Waals surface area contributed by atoms with E-state index < -0.39 is 0 Å². The molecule has 2 aromatic rings. The normalized spacial score (nSPS) is 16.7. The molecule has 1 aliphatic rings. The van der Waals surface area contributed by atoms with Crippen LogP contribution in [0.5, 0.6) is 0 Å². The molecule has 0 aliphatic carbocycles. The zero-order chi connectivity index (χ0) is 19.2. The Hall–Kier alpha value is -2.08. The van der Waals surface area contributed by atoms with Crippen molar-refractivity contribution in [2.45, 2.75) is 13.0 Å². The number of piperazine rings is 1. The van der Waals surface area contributed by atoms with Crippen molar-refractivity contribution >= 4 is 23.3 Å². The fourth-order valence-corrected chi connectivity index (χ4v) is 3.40. The van der Waals surface area contributed by atoms with Crippen LogP contribution in [-0.2, 0) is 0 Å². The minimum atomic E-state index is -0.205. The summed E-state index contributed by atoms with van der Waals surface area (Å²) in [6, 6.07) is 15.7. The Balaban J connectivity index is 1.64. The zero-order valence-electron chi connectivity index (χ0n) is 15.9. The lowest BCUT2D eigenvalue weighted by Gasteiger charge is -2.38. The van der Waals surface area contributed by atoms with E-state index in [0.29, 0.717) is 11.6 Å². The van der Waals surface area contributed by atoms with Crippen molar-refractivity contribution in [2.24, 2.45) is 0 Å². The monoisotopic (exact) mass is 386 g/mol. The van der Waals surface area contributed by atoms with Crippen LogP contribution < -0.4 is 10.6 Å². The highest BCUT2D eigenvalue weighted by atomic mass is 35.5. The number of hydrogen-bond donors (Lipinski definition) is 2. The number of carbonyl (C=O) groups is 1. The smallest absolute Gasteiger partial charge is 0.319 e. The number of amides is 2. The molecule has 1 unspecified atom stereocenters. The summed E-state index contributed by atoms with van der Waals surface area (Å²) in [5.74, 6) is 0. The quantitative estimate of drug-likeness (QED) is 0.822. The molecule has 6 heteroatoms. The van der Waals surface area contributed by atoms with Crippen LogP contribution in [0, 0.1) is 6.92 Å². The second kappa shape index (κ2) is 9.22. The number of halogens is 1. The van der Waals surface area contributed by atoms with Gasteiger partial charge >= 0.3 is 6.03 Å². The summed E-state index contributed by atoms with van der Waals surface area (Å²) in [5, 5.41) is 6.54. The summed E-state index contributed by atoms with van der Waals surface area (Å²) in [7, 11) is 2.15. The first-order valence-corrected chi connectivity index (χ1v) is 9.68. The Labute approximate surface area is 166 Å². The lowest BCUT2D eigenvalue weighted by atomic mass is 10.0. The van der Waals surface area contributed by atoms with E-state index in [4.69, 9.17) is 11.6 Å². The highest BCUT2D eigenvalue weighted by molar-refractivity contribution is 6.30. The lowest BCUT2D eigenvalue weighted by Crippen LogP contribution is -2.48. The summed E-state index contributed by atoms with van der Waals surface area (Å²) in [6.45, 7) is 6.72. The van der Waals surface area contributed by atoms with Crippen molar-refractivity contribution in [1.82, 2.24) is 15.1 Å². The second-order valence-corrected chi connectivity index (χ2v) is 7.54. The molecule has 2 N–H and O–H groups in total. The predicted molar refractivity (Wildman–Crippen MR) is 111 cm³/mol. The van der Waals surface area contributed by atoms with Crippen LogP contribution in [0.4, 0.5) is 10.5 Å². The fraction of sp³-hybridized carbons (Fsp3) is 0.381. The van der Waals surface area contributed by atoms with Crippen molar-refractivity contribution in [3.05, 3.63) is 64.7 Å². The SMILES string of the molecule is Cc1ccc(C(CNC(=O)Nc2ccc(Cl)cc2)N2CCN(C)CC2)cc1. The van der Waals surface area contributed by atoms with Crippen LogP contribution in [0.25, 0.3) is 0 Å². The average molecular weight is 387 g/mol. The van der Waals surface area contributed by atoms with E-state index in [1.165, 1.54) is 11.1 Å². The molecule has 1 fully saturated rings. The highest BCUT2D eigenvalue weighted by Crippen LogP contribution is 2.22. The number of nitrogens with zero attached hydrogens (tertiary/aromatic N) is 2. The summed E-state index contributed by atoms with van der Waals surface area (Å²) < 4.78 is 0. The van der Waals surface area contributed by atoms with Crippen LogP contribution >= 0.6 is 11.6 Å². The largest absolute Gasteiger partial charge is 0.336 e. The van der Waals surface area contributed by atoms with Crippen LogP contribution in [0.3, 0.4) is 0 Å². The standard InChI is InChI=1S/C21H27ClN4O/c1-16-3-5-17(6-4-16)20(26-13-11-25(2)12-14-26)15-23-21(27)24-19-9-7-18(22)8-10-19/h3-10,20H,11-15H2,1-2H3,(H2,23,24,27). The van der Waals surface area contributed by atoms with Gasteiger partial charge in [0.2, 0.25) is 0 Å². The summed E-state index contributed by atoms with van der Waals surface area (Å²) in [6.07, 6.45) is 0. The van der Waals surface area contributed by atoms with E-state index in [1.807, 2.05) is 0 Å². The molecule has 27 heavy (non-hydrogen) atoms. The maximum atomic E-state index is 12.3. The number of urea groups is 1. The highest BCUT2D eigenvalue weighted by Gasteiger charge is 2.24. The van der Waals surface area contributed by atoms with Crippen LogP contribution in [-0.4, -0.2) is 55.6 Å². The van der Waals surface area contributed by atoms with E-state index >= 15 is 0 Å². The zero-order valence-corrected chi connectivity index (χ0v) is 16.7. The Kier molecular flexibility index (Phi) is 6.72. The molecule has 144 valence electrons. The van der Waals surface area contributed by atoms with Crippen molar-refractivity contribution in [1.29, 1.82) is 0 Å². The van der Waals surface area contributed by atoms with Crippen LogP contribution in [0.2, 0.25) is 5.02 Å². The molecule has 2 aromatic carbocycles. The predicted octanol–water partition coefficient (Wildman–Crippen LogP) is 3.76. The van der Waals surface area contributed by atoms with Crippen LogP contribution in [0.15, 0.2) is 48.5 Å². The Morgan fingerprint density at radius 1 is 1.04 bits per heavy atom. The molecule has 1 heterocycles. The van der Waals surface area contributed by atoms with Gasteiger partial charge in [-0.1, -0.05) is 41.4 Å².